The molecule has 1 aromatic carbocycles. The Hall–Kier alpha value is -1.65. The van der Waals surface area contributed by atoms with Crippen LogP contribution in [0.4, 0.5) is 5.69 Å². The second-order valence-electron chi connectivity index (χ2n) is 6.28. The molecule has 22 heavy (non-hydrogen) atoms. The maximum atomic E-state index is 5.98. The third kappa shape index (κ3) is 4.18. The second kappa shape index (κ2) is 7.07. The molecule has 3 N–H and O–H groups in total. The number of nitrogens with zero attached hydrogens (tertiary/aromatic N) is 2. The summed E-state index contributed by atoms with van der Waals surface area (Å²) in [4.78, 5) is 9.28. The van der Waals surface area contributed by atoms with Crippen molar-refractivity contribution in [1.82, 2.24) is 9.97 Å². The molecule has 2 aromatic rings. The number of rotatable bonds is 5. The minimum atomic E-state index is -0.100. The minimum absolute atomic E-state index is 0.100. The van der Waals surface area contributed by atoms with Crippen molar-refractivity contribution >= 4 is 17.3 Å². The van der Waals surface area contributed by atoms with Crippen molar-refractivity contribution in [2.24, 2.45) is 5.73 Å². The highest BCUT2D eigenvalue weighted by atomic mass is 35.5. The van der Waals surface area contributed by atoms with Crippen LogP contribution >= 0.6 is 11.6 Å². The summed E-state index contributed by atoms with van der Waals surface area (Å²) in [6, 6.07) is 7.70. The molecule has 1 aromatic heterocycles. The van der Waals surface area contributed by atoms with Crippen LogP contribution in [0.15, 0.2) is 30.5 Å². The van der Waals surface area contributed by atoms with Crippen molar-refractivity contribution in [3.05, 3.63) is 41.3 Å². The average Bonchev–Trinajstić information content (AvgIpc) is 2.47. The third-order valence-corrected chi connectivity index (χ3v) is 3.53. The lowest BCUT2D eigenvalue weighted by atomic mass is 9.95. The lowest BCUT2D eigenvalue weighted by Gasteiger charge is -2.19. The first-order chi connectivity index (χ1) is 10.4. The van der Waals surface area contributed by atoms with Gasteiger partial charge in [0.15, 0.2) is 0 Å². The van der Waals surface area contributed by atoms with Crippen molar-refractivity contribution in [1.29, 1.82) is 0 Å². The molecule has 0 atom stereocenters. The van der Waals surface area contributed by atoms with Gasteiger partial charge in [0.2, 0.25) is 0 Å². The Morgan fingerprint density at radius 1 is 1.18 bits per heavy atom. The molecule has 1 heterocycles. The number of anilines is 1. The number of nitrogens with one attached hydrogen (secondary N) is 1. The number of hydrogen-bond donors (Lipinski definition) is 2. The number of benzene rings is 1. The summed E-state index contributed by atoms with van der Waals surface area (Å²) in [5.74, 6) is 0.821. The zero-order valence-electron chi connectivity index (χ0n) is 13.4. The molecule has 5 heteroatoms. The molecule has 0 aliphatic heterocycles. The van der Waals surface area contributed by atoms with Gasteiger partial charge in [-0.2, -0.15) is 0 Å². The monoisotopic (exact) mass is 318 g/mol. The minimum Gasteiger partial charge on any atom is -0.382 e. The maximum Gasteiger partial charge on any atom is 0.134 e. The highest BCUT2D eigenvalue weighted by Gasteiger charge is 2.19. The van der Waals surface area contributed by atoms with Crippen molar-refractivity contribution in [2.45, 2.75) is 32.6 Å². The van der Waals surface area contributed by atoms with Crippen LogP contribution < -0.4 is 11.1 Å². The summed E-state index contributed by atoms with van der Waals surface area (Å²) in [5, 5.41) is 4.08. The van der Waals surface area contributed by atoms with Gasteiger partial charge in [0.25, 0.3) is 0 Å². The number of aromatic nitrogens is 2. The zero-order valence-corrected chi connectivity index (χ0v) is 14.1. The van der Waals surface area contributed by atoms with Gasteiger partial charge in [-0.3, -0.25) is 0 Å². The molecular formula is C17H23ClN4. The Labute approximate surface area is 137 Å². The van der Waals surface area contributed by atoms with Gasteiger partial charge < -0.3 is 11.1 Å². The van der Waals surface area contributed by atoms with E-state index in [0.29, 0.717) is 11.6 Å². The van der Waals surface area contributed by atoms with E-state index in [2.05, 4.69) is 31.1 Å². The molecule has 0 saturated carbocycles. The summed E-state index contributed by atoms with van der Waals surface area (Å²) in [5.41, 5.74) is 8.29. The standard InChI is InChI=1S/C17H23ClN4/c1-17(2,3)16-21-11-14(20-10-4-9-19)15(22-16)12-5-7-13(18)8-6-12/h5-8,11,20H,4,9-10,19H2,1-3H3. The molecule has 0 aliphatic rings. The molecule has 2 rings (SSSR count). The Morgan fingerprint density at radius 3 is 2.45 bits per heavy atom. The maximum absolute atomic E-state index is 5.98. The number of nitrogens with two attached hydrogens (primary N) is 1. The Balaban J connectivity index is 2.42. The van der Waals surface area contributed by atoms with Crippen molar-refractivity contribution in [3.63, 3.8) is 0 Å². The fourth-order valence-corrected chi connectivity index (χ4v) is 2.15. The normalized spacial score (nSPS) is 11.5. The molecule has 0 saturated heterocycles. The Kier molecular flexibility index (Phi) is 5.37. The molecule has 0 bridgehead atoms. The smallest absolute Gasteiger partial charge is 0.134 e. The molecule has 0 aliphatic carbocycles. The van der Waals surface area contributed by atoms with Crippen molar-refractivity contribution in [2.75, 3.05) is 18.4 Å². The fraction of sp³-hybridized carbons (Fsp3) is 0.412. The quantitative estimate of drug-likeness (QED) is 0.822. The van der Waals surface area contributed by atoms with Gasteiger partial charge in [-0.15, -0.1) is 0 Å². The topological polar surface area (TPSA) is 63.8 Å². The molecule has 118 valence electrons. The Morgan fingerprint density at radius 2 is 1.86 bits per heavy atom. The van der Waals surface area contributed by atoms with Crippen molar-refractivity contribution < 1.29 is 0 Å². The van der Waals surface area contributed by atoms with Crippen LogP contribution in [0.5, 0.6) is 0 Å². The van der Waals surface area contributed by atoms with Crippen LogP contribution in [0.1, 0.15) is 33.0 Å². The van der Waals surface area contributed by atoms with E-state index in [1.165, 1.54) is 0 Å². The second-order valence-corrected chi connectivity index (χ2v) is 6.72. The molecule has 0 radical (unpaired) electrons. The molecular weight excluding hydrogens is 296 g/mol. The van der Waals surface area contributed by atoms with Gasteiger partial charge >= 0.3 is 0 Å². The molecule has 0 fully saturated rings. The number of halogens is 1. The predicted molar refractivity (Wildman–Crippen MR) is 93.3 cm³/mol. The van der Waals surface area contributed by atoms with Crippen molar-refractivity contribution in [3.8, 4) is 11.3 Å². The highest BCUT2D eigenvalue weighted by Crippen LogP contribution is 2.29. The van der Waals surface area contributed by atoms with E-state index >= 15 is 0 Å². The van der Waals surface area contributed by atoms with Crippen LogP contribution in [0, 0.1) is 0 Å². The zero-order chi connectivity index (χ0) is 16.2. The van der Waals surface area contributed by atoms with Crippen LogP contribution in [0.25, 0.3) is 11.3 Å². The van der Waals surface area contributed by atoms with Crippen LogP contribution in [0.2, 0.25) is 5.02 Å². The van der Waals surface area contributed by atoms with E-state index in [1.54, 1.807) is 0 Å². The van der Waals surface area contributed by atoms with E-state index in [1.807, 2.05) is 30.5 Å². The van der Waals surface area contributed by atoms with Crippen LogP contribution in [-0.4, -0.2) is 23.1 Å². The SMILES string of the molecule is CC(C)(C)c1ncc(NCCCN)c(-c2ccc(Cl)cc2)n1. The fourth-order valence-electron chi connectivity index (χ4n) is 2.03. The first-order valence-electron chi connectivity index (χ1n) is 7.49. The summed E-state index contributed by atoms with van der Waals surface area (Å²) < 4.78 is 0. The number of hydrogen-bond acceptors (Lipinski definition) is 4. The van der Waals surface area contributed by atoms with Gasteiger partial charge in [0.1, 0.15) is 5.82 Å². The van der Waals surface area contributed by atoms with Gasteiger partial charge in [0, 0.05) is 22.5 Å². The lowest BCUT2D eigenvalue weighted by molar-refractivity contribution is 0.546. The van der Waals surface area contributed by atoms with Gasteiger partial charge in [-0.25, -0.2) is 9.97 Å². The van der Waals surface area contributed by atoms with Gasteiger partial charge in [0.05, 0.1) is 17.6 Å². The molecule has 0 spiro atoms. The first-order valence-corrected chi connectivity index (χ1v) is 7.87. The summed E-state index contributed by atoms with van der Waals surface area (Å²) in [6.45, 7) is 7.78. The predicted octanol–water partition coefficient (Wildman–Crippen LogP) is 3.86. The summed E-state index contributed by atoms with van der Waals surface area (Å²) in [6.07, 6.45) is 2.76. The third-order valence-electron chi connectivity index (χ3n) is 3.27. The van der Waals surface area contributed by atoms with Gasteiger partial charge in [-0.05, 0) is 25.1 Å². The van der Waals surface area contributed by atoms with Crippen LogP contribution in [-0.2, 0) is 5.41 Å². The molecule has 0 amide bonds. The van der Waals surface area contributed by atoms with E-state index in [-0.39, 0.29) is 5.41 Å². The summed E-state index contributed by atoms with van der Waals surface area (Å²) >= 11 is 5.98. The first kappa shape index (κ1) is 16.7. The van der Waals surface area contributed by atoms with E-state index in [0.717, 1.165) is 35.7 Å². The lowest BCUT2D eigenvalue weighted by Crippen LogP contribution is -2.17. The van der Waals surface area contributed by atoms with E-state index in [4.69, 9.17) is 22.3 Å². The van der Waals surface area contributed by atoms with Crippen LogP contribution in [0.3, 0.4) is 0 Å². The highest BCUT2D eigenvalue weighted by molar-refractivity contribution is 6.30. The van der Waals surface area contributed by atoms with E-state index < -0.39 is 0 Å². The average molecular weight is 319 g/mol. The molecule has 4 nitrogen and oxygen atoms in total. The largest absolute Gasteiger partial charge is 0.382 e. The summed E-state index contributed by atoms with van der Waals surface area (Å²) in [7, 11) is 0. The van der Waals surface area contributed by atoms with Gasteiger partial charge in [-0.1, -0.05) is 44.5 Å². The molecule has 0 unspecified atom stereocenters. The van der Waals surface area contributed by atoms with E-state index in [9.17, 15) is 0 Å². The Bertz CT molecular complexity index is 618.